The van der Waals surface area contributed by atoms with E-state index in [1.807, 2.05) is 103 Å². The molecule has 0 aliphatic rings. The molecule has 0 saturated heterocycles. The van der Waals surface area contributed by atoms with E-state index in [0.717, 1.165) is 131 Å². The molecular weight excluding hydrogens is 937 g/mol. The molecule has 0 spiro atoms. The van der Waals surface area contributed by atoms with Crippen molar-refractivity contribution in [1.82, 2.24) is 18.7 Å². The average molecular weight is 971 g/mol. The van der Waals surface area contributed by atoms with Crippen LogP contribution >= 0.6 is 0 Å². The van der Waals surface area contributed by atoms with E-state index in [4.69, 9.17) is 13.3 Å². The summed E-state index contributed by atoms with van der Waals surface area (Å²) in [5.41, 5.74) is 13.1. The predicted octanol–water partition coefficient (Wildman–Crippen LogP) is 17.5. The third kappa shape index (κ3) is 5.12. The molecule has 9 heteroatoms. The van der Waals surface area contributed by atoms with Gasteiger partial charge in [0.25, 0.3) is 0 Å². The SMILES string of the molecule is N#Cc1c(-c2ccncc2)c(-n2c3ccccc3c3c4oc5ccccc5c4ccc32)c(C#N)c(-n2c3ccccc3c3c4oc5ccccc5c4ccc32)c1-n1c2ccccc2c2c3oc4ccccc4c3ccc21. The molecule has 0 aliphatic carbocycles. The average Bonchev–Trinajstić information content (AvgIpc) is 4.44. The summed E-state index contributed by atoms with van der Waals surface area (Å²) >= 11 is 0. The maximum atomic E-state index is 12.6. The molecule has 7 aromatic heterocycles. The second kappa shape index (κ2) is 14.9. The van der Waals surface area contributed by atoms with Crippen molar-refractivity contribution in [2.45, 2.75) is 0 Å². The highest BCUT2D eigenvalue weighted by molar-refractivity contribution is 6.27. The van der Waals surface area contributed by atoms with Crippen molar-refractivity contribution >= 4 is 131 Å². The number of furan rings is 3. The second-order valence-corrected chi connectivity index (χ2v) is 19.5. The van der Waals surface area contributed by atoms with Gasteiger partial charge in [-0.1, -0.05) is 109 Å². The van der Waals surface area contributed by atoms with Gasteiger partial charge in [0.2, 0.25) is 0 Å². The molecule has 0 atom stereocenters. The van der Waals surface area contributed by atoms with Gasteiger partial charge in [0.1, 0.15) is 51.2 Å². The van der Waals surface area contributed by atoms with Gasteiger partial charge in [-0.3, -0.25) is 4.98 Å². The maximum Gasteiger partial charge on any atom is 0.145 e. The summed E-state index contributed by atoms with van der Waals surface area (Å²) in [6.45, 7) is 0. The minimum absolute atomic E-state index is 0.344. The van der Waals surface area contributed by atoms with Crippen molar-refractivity contribution in [2.75, 3.05) is 0 Å². The van der Waals surface area contributed by atoms with Crippen molar-refractivity contribution in [3.8, 4) is 40.3 Å². The molecule has 17 rings (SSSR count). The van der Waals surface area contributed by atoms with Crippen LogP contribution < -0.4 is 0 Å². The summed E-state index contributed by atoms with van der Waals surface area (Å²) in [5.74, 6) is 0. The maximum absolute atomic E-state index is 12.6. The summed E-state index contributed by atoms with van der Waals surface area (Å²) in [6, 6.07) is 71.5. The zero-order valence-corrected chi connectivity index (χ0v) is 40.0. The Bertz CT molecular complexity index is 5510. The predicted molar refractivity (Wildman–Crippen MR) is 304 cm³/mol. The van der Waals surface area contributed by atoms with E-state index >= 15 is 0 Å². The van der Waals surface area contributed by atoms with Crippen LogP contribution in [-0.4, -0.2) is 18.7 Å². The topological polar surface area (TPSA) is 115 Å². The number of nitrogens with zero attached hydrogens (tertiary/aromatic N) is 6. The van der Waals surface area contributed by atoms with Crippen LogP contribution in [0.3, 0.4) is 0 Å². The minimum atomic E-state index is 0.344. The van der Waals surface area contributed by atoms with Crippen LogP contribution in [0.15, 0.2) is 220 Å². The number of aromatic nitrogens is 4. The van der Waals surface area contributed by atoms with E-state index < -0.39 is 0 Å². The molecule has 350 valence electrons. The number of hydrogen-bond donors (Lipinski definition) is 0. The summed E-state index contributed by atoms with van der Waals surface area (Å²) < 4.78 is 27.1. The lowest BCUT2D eigenvalue weighted by molar-refractivity contribution is 0.672. The summed E-state index contributed by atoms with van der Waals surface area (Å²) in [6.07, 6.45) is 3.49. The van der Waals surface area contributed by atoms with E-state index in [1.165, 1.54) is 0 Å². The van der Waals surface area contributed by atoms with Crippen molar-refractivity contribution in [2.24, 2.45) is 0 Å². The van der Waals surface area contributed by atoms with Crippen LogP contribution in [0.5, 0.6) is 0 Å². The Morgan fingerprint density at radius 2 is 0.658 bits per heavy atom. The molecule has 7 heterocycles. The summed E-state index contributed by atoms with van der Waals surface area (Å²) in [5, 5.41) is 36.5. The Kier molecular flexibility index (Phi) is 7.96. The normalized spacial score (nSPS) is 12.2. The monoisotopic (exact) mass is 970 g/mol. The minimum Gasteiger partial charge on any atom is -0.455 e. The highest BCUT2D eigenvalue weighted by Crippen LogP contribution is 2.51. The number of hydrogen-bond acceptors (Lipinski definition) is 6. The number of para-hydroxylation sites is 6. The lowest BCUT2D eigenvalue weighted by Crippen LogP contribution is -2.14. The first kappa shape index (κ1) is 40.7. The van der Waals surface area contributed by atoms with E-state index in [2.05, 4.69) is 122 Å². The Hall–Kier alpha value is -10.9. The van der Waals surface area contributed by atoms with Gasteiger partial charge in [0, 0.05) is 66.4 Å². The fourth-order valence-corrected chi connectivity index (χ4v) is 12.8. The fourth-order valence-electron chi connectivity index (χ4n) is 12.8. The number of pyridine rings is 1. The molecule has 0 fully saturated rings. The molecule has 0 saturated carbocycles. The highest BCUT2D eigenvalue weighted by Gasteiger charge is 2.34. The molecule has 9 nitrogen and oxygen atoms in total. The third-order valence-electron chi connectivity index (χ3n) is 15.8. The van der Waals surface area contributed by atoms with Crippen molar-refractivity contribution in [3.63, 3.8) is 0 Å². The summed E-state index contributed by atoms with van der Waals surface area (Å²) in [4.78, 5) is 4.49. The van der Waals surface area contributed by atoms with E-state index in [1.54, 1.807) is 12.4 Å². The van der Waals surface area contributed by atoms with E-state index in [9.17, 15) is 10.5 Å². The smallest absolute Gasteiger partial charge is 0.145 e. The Morgan fingerprint density at radius 3 is 1.05 bits per heavy atom. The van der Waals surface area contributed by atoms with Gasteiger partial charge in [-0.25, -0.2) is 0 Å². The first-order valence-electron chi connectivity index (χ1n) is 25.1. The van der Waals surface area contributed by atoms with Gasteiger partial charge in [-0.05, 0) is 90.5 Å². The number of rotatable bonds is 4. The molecule has 10 aromatic carbocycles. The van der Waals surface area contributed by atoms with Crippen LogP contribution in [-0.2, 0) is 0 Å². The molecule has 0 bridgehead atoms. The largest absolute Gasteiger partial charge is 0.455 e. The Morgan fingerprint density at radius 1 is 0.316 bits per heavy atom. The summed E-state index contributed by atoms with van der Waals surface area (Å²) in [7, 11) is 0. The number of benzene rings is 10. The molecule has 17 aromatic rings. The zero-order valence-electron chi connectivity index (χ0n) is 40.0. The molecule has 0 N–H and O–H groups in total. The van der Waals surface area contributed by atoms with Crippen molar-refractivity contribution in [3.05, 3.63) is 218 Å². The van der Waals surface area contributed by atoms with Crippen molar-refractivity contribution in [1.29, 1.82) is 10.5 Å². The highest BCUT2D eigenvalue weighted by atomic mass is 16.3. The van der Waals surface area contributed by atoms with Gasteiger partial charge >= 0.3 is 0 Å². The molecule has 76 heavy (non-hydrogen) atoms. The quantitative estimate of drug-likeness (QED) is 0.173. The van der Waals surface area contributed by atoms with Gasteiger partial charge < -0.3 is 27.0 Å². The van der Waals surface area contributed by atoms with Crippen LogP contribution in [0.2, 0.25) is 0 Å². The fraction of sp³-hybridized carbons (Fsp3) is 0. The lowest BCUT2D eigenvalue weighted by Gasteiger charge is -2.26. The molecule has 0 unspecified atom stereocenters. The van der Waals surface area contributed by atoms with Gasteiger partial charge in [-0.2, -0.15) is 10.5 Å². The number of fused-ring (bicyclic) bond motifs is 21. The second-order valence-electron chi connectivity index (χ2n) is 19.5. The Balaban J connectivity index is 1.14. The van der Waals surface area contributed by atoms with Gasteiger partial charge in [0.05, 0.1) is 71.9 Å². The zero-order chi connectivity index (χ0) is 49.9. The molecule has 0 radical (unpaired) electrons. The standard InChI is InChI=1S/C67H34N6O3/c68-35-47-58(37-31-33-70-34-32-37)62(71-49-19-7-1-16-44(49)59-52(71)28-25-41-38-13-4-10-22-55(38)74-65(41)59)48(36-69)64(73-51-21-9-3-18-46(51)61-54(73)30-27-43-40-15-6-12-24-57(40)76-67(43)61)63(47)72-50-20-8-2-17-45(50)60-53(72)29-26-42-39-14-5-11-23-56(39)75-66(42)60/h1-34H. The van der Waals surface area contributed by atoms with Crippen LogP contribution in [0, 0.1) is 22.7 Å². The number of nitriles is 2. The van der Waals surface area contributed by atoms with Crippen LogP contribution in [0.4, 0.5) is 0 Å². The molecule has 0 aliphatic heterocycles. The van der Waals surface area contributed by atoms with Crippen LogP contribution in [0.1, 0.15) is 11.1 Å². The first-order chi connectivity index (χ1) is 37.7. The van der Waals surface area contributed by atoms with E-state index in [0.29, 0.717) is 39.3 Å². The lowest BCUT2D eigenvalue weighted by atomic mass is 9.91. The third-order valence-corrected chi connectivity index (χ3v) is 15.8. The first-order valence-corrected chi connectivity index (χ1v) is 25.1. The van der Waals surface area contributed by atoms with E-state index in [-0.39, 0.29) is 0 Å². The van der Waals surface area contributed by atoms with Gasteiger partial charge in [-0.15, -0.1) is 0 Å². The van der Waals surface area contributed by atoms with Crippen molar-refractivity contribution < 1.29 is 13.3 Å². The van der Waals surface area contributed by atoms with Crippen LogP contribution in [0.25, 0.3) is 159 Å². The van der Waals surface area contributed by atoms with Gasteiger partial charge in [0.15, 0.2) is 0 Å². The Labute approximate surface area is 429 Å². The molecule has 0 amide bonds. The molecular formula is C67H34N6O3.